The molecule has 188 valence electrons. The Hall–Kier alpha value is -2.39. The lowest BCUT2D eigenvalue weighted by molar-refractivity contribution is -0.137. The topological polar surface area (TPSA) is 59.5 Å². The molecule has 2 aromatic rings. The van der Waals surface area contributed by atoms with Gasteiger partial charge in [0.1, 0.15) is 11.3 Å². The Kier molecular flexibility index (Phi) is 5.48. The Morgan fingerprint density at radius 3 is 2.57 bits per heavy atom. The second kappa shape index (κ2) is 9.24. The van der Waals surface area contributed by atoms with Gasteiger partial charge in [-0.15, -0.1) is 10.2 Å². The maximum atomic E-state index is 14.0. The lowest BCUT2D eigenvalue weighted by atomic mass is 10.00. The minimum Gasteiger partial charge on any atom is -0.493 e. The first-order valence-electron chi connectivity index (χ1n) is 13.5. The van der Waals surface area contributed by atoms with Gasteiger partial charge < -0.3 is 19.7 Å². The maximum absolute atomic E-state index is 14.0. The third-order valence-corrected chi connectivity index (χ3v) is 7.77. The van der Waals surface area contributed by atoms with Crippen LogP contribution in [-0.4, -0.2) is 60.5 Å². The van der Waals surface area contributed by atoms with Gasteiger partial charge in [0.15, 0.2) is 5.82 Å². The van der Waals surface area contributed by atoms with Crippen LogP contribution in [0.15, 0.2) is 24.3 Å². The molecule has 1 aromatic heterocycles. The zero-order valence-corrected chi connectivity index (χ0v) is 19.5. The number of likely N-dealkylation sites (tertiary alicyclic amines) is 1. The Balaban J connectivity index is 1.15. The summed E-state index contributed by atoms with van der Waals surface area (Å²) in [7, 11) is 0. The molecule has 1 aromatic carbocycles. The molecule has 3 fully saturated rings. The van der Waals surface area contributed by atoms with Crippen LogP contribution in [0.5, 0.6) is 5.75 Å². The number of benzene rings is 1. The molecule has 1 saturated carbocycles. The van der Waals surface area contributed by atoms with Gasteiger partial charge >= 0.3 is 6.18 Å². The molecule has 0 radical (unpaired) electrons. The first-order chi connectivity index (χ1) is 17.7. The van der Waals surface area contributed by atoms with Gasteiger partial charge in [0, 0.05) is 53.6 Å². The minimum atomic E-state index is -4.58. The van der Waals surface area contributed by atoms with Crippen molar-refractivity contribution in [2.45, 2.75) is 44.3 Å². The molecule has 0 spiro atoms. The number of hydrogen-bond donors (Lipinski definition) is 1. The second-order valence-corrected chi connectivity index (χ2v) is 10.2. The minimum absolute atomic E-state index is 0.0469. The first-order valence-corrected chi connectivity index (χ1v) is 12.5. The molecule has 6 nitrogen and oxygen atoms in total. The fourth-order valence-electron chi connectivity index (χ4n) is 5.98. The average molecular weight is 491 g/mol. The van der Waals surface area contributed by atoms with E-state index in [1.807, 2.05) is 11.0 Å². The monoisotopic (exact) mass is 490 g/mol. The predicted molar refractivity (Wildman–Crippen MR) is 125 cm³/mol. The third-order valence-electron chi connectivity index (χ3n) is 7.77. The lowest BCUT2D eigenvalue weighted by Crippen LogP contribution is -2.32. The van der Waals surface area contributed by atoms with Crippen LogP contribution in [0.2, 0.25) is 0 Å². The first kappa shape index (κ1) is 20.8. The van der Waals surface area contributed by atoms with Crippen molar-refractivity contribution in [3.05, 3.63) is 35.4 Å². The van der Waals surface area contributed by atoms with Crippen LogP contribution in [-0.2, 0) is 17.3 Å². The van der Waals surface area contributed by atoms with E-state index in [9.17, 15) is 13.2 Å². The van der Waals surface area contributed by atoms with Gasteiger partial charge in [-0.3, -0.25) is 0 Å². The Labute approximate surface area is 206 Å². The fraction of sp³-hybridized carbons (Fsp3) is 0.615. The largest absolute Gasteiger partial charge is 0.493 e. The van der Waals surface area contributed by atoms with E-state index in [-0.39, 0.29) is 35.3 Å². The van der Waals surface area contributed by atoms with E-state index >= 15 is 0 Å². The van der Waals surface area contributed by atoms with Gasteiger partial charge in [-0.1, -0.05) is 12.1 Å². The van der Waals surface area contributed by atoms with E-state index in [2.05, 4.69) is 15.5 Å². The number of ether oxygens (including phenoxy) is 2. The van der Waals surface area contributed by atoms with Gasteiger partial charge in [-0.2, -0.15) is 13.2 Å². The van der Waals surface area contributed by atoms with Gasteiger partial charge in [-0.05, 0) is 61.1 Å². The summed E-state index contributed by atoms with van der Waals surface area (Å²) in [4.78, 5) is 1.95. The number of nitrogens with one attached hydrogen (secondary N) is 1. The van der Waals surface area contributed by atoms with E-state index in [4.69, 9.17) is 12.2 Å². The summed E-state index contributed by atoms with van der Waals surface area (Å²) >= 11 is 0. The number of halogens is 3. The van der Waals surface area contributed by atoms with Crippen molar-refractivity contribution in [3.63, 3.8) is 0 Å². The number of hydrogen-bond acceptors (Lipinski definition) is 6. The molecule has 4 aliphatic rings. The molecular weight excluding hydrogens is 457 g/mol. The number of nitrogens with zero attached hydrogens (tertiary/aromatic N) is 3. The Morgan fingerprint density at radius 1 is 1.06 bits per heavy atom. The van der Waals surface area contributed by atoms with Crippen molar-refractivity contribution < 1.29 is 25.4 Å². The fourth-order valence-corrected chi connectivity index (χ4v) is 5.98. The van der Waals surface area contributed by atoms with E-state index in [0.717, 1.165) is 30.9 Å². The number of rotatable bonds is 5. The van der Waals surface area contributed by atoms with Crippen LogP contribution < -0.4 is 10.1 Å². The summed E-state index contributed by atoms with van der Waals surface area (Å²) in [5.41, 5.74) is 0.913. The summed E-state index contributed by atoms with van der Waals surface area (Å²) in [5, 5.41) is 11.1. The molecule has 1 aliphatic carbocycles. The third kappa shape index (κ3) is 4.85. The van der Waals surface area contributed by atoms with E-state index in [1.54, 1.807) is 12.1 Å². The van der Waals surface area contributed by atoms with Crippen molar-refractivity contribution in [1.82, 2.24) is 15.1 Å². The molecule has 1 unspecified atom stereocenters. The highest BCUT2D eigenvalue weighted by Crippen LogP contribution is 2.42. The van der Waals surface area contributed by atoms with Crippen LogP contribution in [0.3, 0.4) is 0 Å². The number of anilines is 1. The highest BCUT2D eigenvalue weighted by atomic mass is 19.4. The summed E-state index contributed by atoms with van der Waals surface area (Å²) in [6, 6.07) is 6.26. The molecular formula is C26H31F3N4O2. The molecule has 3 aliphatic heterocycles. The van der Waals surface area contributed by atoms with Crippen LogP contribution in [0.25, 0.3) is 11.3 Å². The number of alkyl halides is 3. The number of aromatic nitrogens is 2. The summed E-state index contributed by atoms with van der Waals surface area (Å²) < 4.78 is 70.5. The van der Waals surface area contributed by atoms with Crippen molar-refractivity contribution >= 4 is 5.82 Å². The van der Waals surface area contributed by atoms with Crippen molar-refractivity contribution in [1.29, 1.82) is 0 Å². The molecule has 0 amide bonds. The number of fused-ring (bicyclic) bond motifs is 2. The second-order valence-electron chi connectivity index (χ2n) is 10.2. The molecule has 9 heteroatoms. The van der Waals surface area contributed by atoms with Gasteiger partial charge in [0.25, 0.3) is 0 Å². The smallest absolute Gasteiger partial charge is 0.420 e. The van der Waals surface area contributed by atoms with Crippen molar-refractivity contribution in [3.8, 4) is 17.0 Å². The maximum Gasteiger partial charge on any atom is 0.420 e. The molecule has 1 N–H and O–H groups in total. The SMILES string of the molecule is [2H]C([2H])(C1CCOCC1)N1C[C@H]2CC(Nc3nnc(-c4ccc5c(c4)OCC5)cc3C(F)(F)F)C[C@H]2C1. The standard InChI is InChI=1S/C26H31F3N4O2/c27-26(28,29)22-12-23(18-2-1-17-5-8-35-24(17)11-18)31-32-25(22)30-21-9-19-14-33(15-20(19)10-21)13-16-3-6-34-7-4-16/h1-2,11-12,16,19-21H,3-10,13-15H2,(H,30,32)/t19-,20+,21?/i13D2. The molecule has 4 heterocycles. The summed E-state index contributed by atoms with van der Waals surface area (Å²) in [5.74, 6) is 0.894. The van der Waals surface area contributed by atoms with Gasteiger partial charge in [0.05, 0.1) is 12.3 Å². The lowest BCUT2D eigenvalue weighted by Gasteiger charge is -2.28. The van der Waals surface area contributed by atoms with E-state index in [0.29, 0.717) is 57.1 Å². The van der Waals surface area contributed by atoms with Crippen molar-refractivity contribution in [2.24, 2.45) is 17.8 Å². The molecule has 0 bridgehead atoms. The predicted octanol–water partition coefficient (Wildman–Crippen LogP) is 4.65. The van der Waals surface area contributed by atoms with E-state index in [1.165, 1.54) is 0 Å². The Bertz CT molecular complexity index is 1150. The molecule has 6 rings (SSSR count). The van der Waals surface area contributed by atoms with Gasteiger partial charge in [0.2, 0.25) is 0 Å². The van der Waals surface area contributed by atoms with Crippen molar-refractivity contribution in [2.75, 3.05) is 44.7 Å². The van der Waals surface area contributed by atoms with Crippen LogP contribution in [0.4, 0.5) is 19.0 Å². The van der Waals surface area contributed by atoms with E-state index < -0.39 is 18.2 Å². The Morgan fingerprint density at radius 2 is 1.83 bits per heavy atom. The van der Waals surface area contributed by atoms with Gasteiger partial charge in [-0.25, -0.2) is 0 Å². The van der Waals surface area contributed by atoms with Crippen LogP contribution >= 0.6 is 0 Å². The zero-order chi connectivity index (χ0) is 25.8. The highest BCUT2D eigenvalue weighted by Gasteiger charge is 2.43. The molecule has 35 heavy (non-hydrogen) atoms. The van der Waals surface area contributed by atoms with Crippen LogP contribution in [0, 0.1) is 17.8 Å². The zero-order valence-electron chi connectivity index (χ0n) is 21.5. The highest BCUT2D eigenvalue weighted by molar-refractivity contribution is 5.65. The normalized spacial score (nSPS) is 28.3. The summed E-state index contributed by atoms with van der Waals surface area (Å²) in [6.07, 6.45) is -0.973. The molecule has 3 atom stereocenters. The average Bonchev–Trinajstić information content (AvgIpc) is 3.59. The summed E-state index contributed by atoms with van der Waals surface area (Å²) in [6.45, 7) is 1.64. The molecule has 2 saturated heterocycles. The van der Waals surface area contributed by atoms with Crippen LogP contribution in [0.1, 0.15) is 39.6 Å². The quantitative estimate of drug-likeness (QED) is 0.659.